The Morgan fingerprint density at radius 1 is 0.829 bits per heavy atom. The normalized spacial score (nSPS) is 15.5. The minimum absolute atomic E-state index is 0.166. The van der Waals surface area contributed by atoms with E-state index in [-0.39, 0.29) is 6.04 Å². The maximum atomic E-state index is 6.32. The second-order valence-corrected chi connectivity index (χ2v) is 8.67. The van der Waals surface area contributed by atoms with Gasteiger partial charge in [0.15, 0.2) is 5.65 Å². The van der Waals surface area contributed by atoms with Gasteiger partial charge in [-0.25, -0.2) is 14.6 Å². The molecule has 1 fully saturated rings. The number of fused-ring (bicyclic) bond motifs is 1. The Balaban J connectivity index is 1.32. The van der Waals surface area contributed by atoms with E-state index in [4.69, 9.17) is 21.3 Å². The van der Waals surface area contributed by atoms with Gasteiger partial charge < -0.3 is 21.1 Å². The van der Waals surface area contributed by atoms with Crippen LogP contribution in [0.1, 0.15) is 12.5 Å². The average Bonchev–Trinajstić information content (AvgIpc) is 3.52. The molecule has 6 rings (SSSR count). The molecule has 5 aromatic rings. The van der Waals surface area contributed by atoms with E-state index >= 15 is 0 Å². The number of rotatable bonds is 5. The monoisotopic (exact) mass is 463 g/mol. The van der Waals surface area contributed by atoms with Crippen LogP contribution < -0.4 is 21.1 Å². The van der Waals surface area contributed by atoms with E-state index in [1.807, 2.05) is 71.4 Å². The van der Waals surface area contributed by atoms with Crippen LogP contribution in [0, 0.1) is 0 Å². The highest BCUT2D eigenvalue weighted by atomic mass is 16.5. The molecule has 1 aliphatic heterocycles. The quantitative estimate of drug-likeness (QED) is 0.357. The van der Waals surface area contributed by atoms with Crippen molar-refractivity contribution in [1.82, 2.24) is 19.7 Å². The standard InChI is InChI=1S/C27H25N7O/c28-19-8-10-20(11-9-19)33-15-14-21(16-33)34-27-24(26(29)30-17-31-27)25(32-34)18-6-12-23(13-7-18)35-22-4-2-1-3-5-22/h1-13,17,21H,14-16,28H2,(H2,29,30,31). The fourth-order valence-corrected chi connectivity index (χ4v) is 4.62. The highest BCUT2D eigenvalue weighted by Gasteiger charge is 2.28. The number of aromatic nitrogens is 4. The van der Waals surface area contributed by atoms with Crippen LogP contribution in [0.3, 0.4) is 0 Å². The van der Waals surface area contributed by atoms with Gasteiger partial charge in [-0.05, 0) is 67.1 Å². The maximum absolute atomic E-state index is 6.32. The molecule has 0 spiro atoms. The zero-order chi connectivity index (χ0) is 23.8. The maximum Gasteiger partial charge on any atom is 0.164 e. The molecule has 4 N–H and O–H groups in total. The van der Waals surface area contributed by atoms with Gasteiger partial charge in [0, 0.05) is 30.0 Å². The first-order valence-corrected chi connectivity index (χ1v) is 11.6. The number of para-hydroxylation sites is 1. The third-order valence-electron chi connectivity index (χ3n) is 6.39. The summed E-state index contributed by atoms with van der Waals surface area (Å²) in [5.41, 5.74) is 16.6. The van der Waals surface area contributed by atoms with Gasteiger partial charge in [0.2, 0.25) is 0 Å². The predicted molar refractivity (Wildman–Crippen MR) is 138 cm³/mol. The lowest BCUT2D eigenvalue weighted by atomic mass is 10.1. The van der Waals surface area contributed by atoms with Gasteiger partial charge in [-0.1, -0.05) is 18.2 Å². The lowest BCUT2D eigenvalue weighted by Crippen LogP contribution is -2.21. The van der Waals surface area contributed by atoms with Crippen molar-refractivity contribution in [2.75, 3.05) is 29.5 Å². The molecular weight excluding hydrogens is 438 g/mol. The first-order chi connectivity index (χ1) is 17.2. The first-order valence-electron chi connectivity index (χ1n) is 11.6. The van der Waals surface area contributed by atoms with Crippen LogP contribution in [0.25, 0.3) is 22.3 Å². The smallest absolute Gasteiger partial charge is 0.164 e. The molecule has 174 valence electrons. The molecule has 1 saturated heterocycles. The van der Waals surface area contributed by atoms with E-state index < -0.39 is 0 Å². The van der Waals surface area contributed by atoms with Crippen molar-refractivity contribution in [3.8, 4) is 22.8 Å². The number of nitrogens with zero attached hydrogens (tertiary/aromatic N) is 5. The number of hydrogen-bond acceptors (Lipinski definition) is 7. The molecule has 0 aliphatic carbocycles. The molecule has 3 aromatic carbocycles. The Hall–Kier alpha value is -4.59. The number of ether oxygens (including phenoxy) is 1. The topological polar surface area (TPSA) is 108 Å². The van der Waals surface area contributed by atoms with E-state index in [0.717, 1.165) is 64.7 Å². The van der Waals surface area contributed by atoms with Crippen molar-refractivity contribution in [3.63, 3.8) is 0 Å². The van der Waals surface area contributed by atoms with Crippen molar-refractivity contribution in [3.05, 3.63) is 85.2 Å². The zero-order valence-electron chi connectivity index (χ0n) is 19.1. The fraction of sp³-hybridized carbons (Fsp3) is 0.148. The third-order valence-corrected chi connectivity index (χ3v) is 6.39. The van der Waals surface area contributed by atoms with Gasteiger partial charge >= 0.3 is 0 Å². The summed E-state index contributed by atoms with van der Waals surface area (Å²) in [6.07, 6.45) is 2.46. The first kappa shape index (κ1) is 21.0. The molecule has 3 heterocycles. The predicted octanol–water partition coefficient (Wildman–Crippen LogP) is 4.90. The molecule has 8 nitrogen and oxygen atoms in total. The molecule has 35 heavy (non-hydrogen) atoms. The van der Waals surface area contributed by atoms with Crippen LogP contribution >= 0.6 is 0 Å². The third kappa shape index (κ3) is 3.99. The molecule has 0 bridgehead atoms. The summed E-state index contributed by atoms with van der Waals surface area (Å²) < 4.78 is 7.95. The summed E-state index contributed by atoms with van der Waals surface area (Å²) in [5, 5.41) is 5.78. The number of hydrogen-bond donors (Lipinski definition) is 2. The Bertz CT molecular complexity index is 1460. The van der Waals surface area contributed by atoms with Crippen LogP contribution in [-0.2, 0) is 0 Å². The summed E-state index contributed by atoms with van der Waals surface area (Å²) in [5.74, 6) is 1.97. The van der Waals surface area contributed by atoms with Gasteiger partial charge in [0.25, 0.3) is 0 Å². The molecule has 0 amide bonds. The highest BCUT2D eigenvalue weighted by molar-refractivity contribution is 5.98. The van der Waals surface area contributed by atoms with Gasteiger partial charge in [0.1, 0.15) is 29.3 Å². The van der Waals surface area contributed by atoms with Crippen molar-refractivity contribution < 1.29 is 4.74 Å². The van der Waals surface area contributed by atoms with Crippen molar-refractivity contribution in [2.45, 2.75) is 12.5 Å². The van der Waals surface area contributed by atoms with Crippen molar-refractivity contribution in [1.29, 1.82) is 0 Å². The van der Waals surface area contributed by atoms with E-state index in [1.54, 1.807) is 0 Å². The second-order valence-electron chi connectivity index (χ2n) is 8.67. The molecule has 1 aliphatic rings. The summed E-state index contributed by atoms with van der Waals surface area (Å²) >= 11 is 0. The van der Waals surface area contributed by atoms with Gasteiger partial charge in [-0.3, -0.25) is 0 Å². The molecule has 0 saturated carbocycles. The Labute approximate surface area is 202 Å². The number of nitrogens with two attached hydrogens (primary N) is 2. The van der Waals surface area contributed by atoms with Crippen molar-refractivity contribution >= 4 is 28.2 Å². The Morgan fingerprint density at radius 2 is 1.57 bits per heavy atom. The Morgan fingerprint density at radius 3 is 2.34 bits per heavy atom. The van der Waals surface area contributed by atoms with Crippen LogP contribution in [0.15, 0.2) is 85.2 Å². The SMILES string of the molecule is Nc1ccc(N2CCC(n3nc(-c4ccc(Oc5ccccc5)cc4)c4c(N)ncnc43)C2)cc1. The molecule has 2 aromatic heterocycles. The molecule has 1 unspecified atom stereocenters. The fourth-order valence-electron chi connectivity index (χ4n) is 4.62. The number of anilines is 3. The summed E-state index contributed by atoms with van der Waals surface area (Å²) in [6.45, 7) is 1.76. The summed E-state index contributed by atoms with van der Waals surface area (Å²) in [7, 11) is 0. The average molecular weight is 464 g/mol. The van der Waals surface area contributed by atoms with E-state index in [1.165, 1.54) is 6.33 Å². The van der Waals surface area contributed by atoms with E-state index in [9.17, 15) is 0 Å². The molecular formula is C27H25N7O. The van der Waals surface area contributed by atoms with E-state index in [2.05, 4.69) is 27.0 Å². The largest absolute Gasteiger partial charge is 0.457 e. The van der Waals surface area contributed by atoms with Crippen LogP contribution in [0.5, 0.6) is 11.5 Å². The minimum Gasteiger partial charge on any atom is -0.457 e. The Kier molecular flexibility index (Phi) is 5.18. The van der Waals surface area contributed by atoms with E-state index in [0.29, 0.717) is 5.82 Å². The van der Waals surface area contributed by atoms with Gasteiger partial charge in [0.05, 0.1) is 11.4 Å². The highest BCUT2D eigenvalue weighted by Crippen LogP contribution is 2.35. The molecule has 8 heteroatoms. The number of benzene rings is 3. The van der Waals surface area contributed by atoms with Crippen molar-refractivity contribution in [2.24, 2.45) is 0 Å². The molecule has 1 atom stereocenters. The lowest BCUT2D eigenvalue weighted by molar-refractivity contribution is 0.482. The zero-order valence-corrected chi connectivity index (χ0v) is 19.1. The molecule has 0 radical (unpaired) electrons. The van der Waals surface area contributed by atoms with Crippen LogP contribution in [-0.4, -0.2) is 32.8 Å². The number of nitrogen functional groups attached to an aromatic ring is 2. The summed E-state index contributed by atoms with van der Waals surface area (Å²) in [6, 6.07) is 25.7. The van der Waals surface area contributed by atoms with Gasteiger partial charge in [-0.15, -0.1) is 0 Å². The lowest BCUT2D eigenvalue weighted by Gasteiger charge is -2.19. The van der Waals surface area contributed by atoms with Crippen LogP contribution in [0.4, 0.5) is 17.2 Å². The van der Waals surface area contributed by atoms with Crippen LogP contribution in [0.2, 0.25) is 0 Å². The second kappa shape index (κ2) is 8.64. The minimum atomic E-state index is 0.166. The van der Waals surface area contributed by atoms with Gasteiger partial charge in [-0.2, -0.15) is 5.10 Å². The summed E-state index contributed by atoms with van der Waals surface area (Å²) in [4.78, 5) is 11.2.